The Labute approximate surface area is 145 Å². The summed E-state index contributed by atoms with van der Waals surface area (Å²) in [5.74, 6) is 2.15. The lowest BCUT2D eigenvalue weighted by Crippen LogP contribution is -2.39. The van der Waals surface area contributed by atoms with Gasteiger partial charge in [-0.25, -0.2) is 4.98 Å². The molecule has 122 valence electrons. The number of aromatic nitrogens is 1. The molecule has 0 radical (unpaired) electrons. The second-order valence-corrected chi connectivity index (χ2v) is 7.79. The molecule has 3 rings (SSSR count). The van der Waals surface area contributed by atoms with Crippen LogP contribution in [0.4, 0.5) is 0 Å². The maximum Gasteiger partial charge on any atom is 0.191 e. The Morgan fingerprint density at radius 3 is 2.91 bits per heavy atom. The molecule has 1 aromatic carbocycles. The van der Waals surface area contributed by atoms with E-state index in [-0.39, 0.29) is 0 Å². The van der Waals surface area contributed by atoms with Gasteiger partial charge >= 0.3 is 0 Å². The Morgan fingerprint density at radius 2 is 2.17 bits per heavy atom. The Hall–Kier alpha value is -1.53. The van der Waals surface area contributed by atoms with Gasteiger partial charge in [-0.2, -0.15) is 11.8 Å². The summed E-state index contributed by atoms with van der Waals surface area (Å²) >= 11 is 3.73. The van der Waals surface area contributed by atoms with Crippen LogP contribution in [0.25, 0.3) is 11.3 Å². The fraction of sp³-hybridized carbons (Fsp3) is 0.412. The van der Waals surface area contributed by atoms with Crippen LogP contribution in [0.15, 0.2) is 40.7 Å². The molecule has 0 amide bonds. The molecule has 1 atom stereocenters. The summed E-state index contributed by atoms with van der Waals surface area (Å²) in [6.45, 7) is 1.69. The van der Waals surface area contributed by atoms with Crippen molar-refractivity contribution >= 4 is 29.1 Å². The predicted molar refractivity (Wildman–Crippen MR) is 101 cm³/mol. The average molecular weight is 347 g/mol. The van der Waals surface area contributed by atoms with Gasteiger partial charge in [0.15, 0.2) is 5.96 Å². The molecule has 1 saturated heterocycles. The topological polar surface area (TPSA) is 49.3 Å². The van der Waals surface area contributed by atoms with E-state index in [1.54, 1.807) is 11.3 Å². The van der Waals surface area contributed by atoms with Gasteiger partial charge in [-0.05, 0) is 18.6 Å². The summed E-state index contributed by atoms with van der Waals surface area (Å²) in [5, 5.41) is 10.7. The van der Waals surface area contributed by atoms with Crippen molar-refractivity contribution in [2.45, 2.75) is 24.6 Å². The molecule has 0 spiro atoms. The lowest BCUT2D eigenvalue weighted by molar-refractivity contribution is 0.725. The Bertz CT molecular complexity index is 633. The molecule has 4 nitrogen and oxygen atoms in total. The SMILES string of the molecule is CN=C(NCc1nc(-c2ccccc2)cs1)NCC1CCCS1. The van der Waals surface area contributed by atoms with Gasteiger partial charge < -0.3 is 10.6 Å². The minimum atomic E-state index is 0.703. The van der Waals surface area contributed by atoms with E-state index in [2.05, 4.69) is 44.9 Å². The molecule has 0 bridgehead atoms. The van der Waals surface area contributed by atoms with Crippen molar-refractivity contribution in [1.82, 2.24) is 15.6 Å². The van der Waals surface area contributed by atoms with E-state index in [4.69, 9.17) is 4.98 Å². The van der Waals surface area contributed by atoms with Gasteiger partial charge in [-0.1, -0.05) is 30.3 Å². The number of aliphatic imine (C=N–C) groups is 1. The summed E-state index contributed by atoms with van der Waals surface area (Å²) in [6, 6.07) is 10.3. The van der Waals surface area contributed by atoms with Crippen molar-refractivity contribution in [2.75, 3.05) is 19.3 Å². The summed E-state index contributed by atoms with van der Waals surface area (Å²) in [6.07, 6.45) is 2.64. The van der Waals surface area contributed by atoms with Gasteiger partial charge in [0.25, 0.3) is 0 Å². The third kappa shape index (κ3) is 4.72. The van der Waals surface area contributed by atoms with Crippen LogP contribution in [0.3, 0.4) is 0 Å². The van der Waals surface area contributed by atoms with Gasteiger partial charge in [-0.3, -0.25) is 4.99 Å². The molecule has 0 aliphatic carbocycles. The first kappa shape index (κ1) is 16.3. The van der Waals surface area contributed by atoms with Crippen LogP contribution in [0.2, 0.25) is 0 Å². The summed E-state index contributed by atoms with van der Waals surface area (Å²) in [7, 11) is 1.81. The van der Waals surface area contributed by atoms with E-state index in [1.165, 1.54) is 18.6 Å². The third-order valence-corrected chi connectivity index (χ3v) is 6.02. The number of guanidine groups is 1. The fourth-order valence-electron chi connectivity index (χ4n) is 2.53. The van der Waals surface area contributed by atoms with Crippen LogP contribution in [-0.2, 0) is 6.54 Å². The zero-order valence-corrected chi connectivity index (χ0v) is 14.9. The van der Waals surface area contributed by atoms with Crippen molar-refractivity contribution in [3.05, 3.63) is 40.7 Å². The van der Waals surface area contributed by atoms with Gasteiger partial charge in [0.2, 0.25) is 0 Å². The van der Waals surface area contributed by atoms with Crippen LogP contribution in [0.1, 0.15) is 17.8 Å². The van der Waals surface area contributed by atoms with E-state index in [0.29, 0.717) is 6.54 Å². The second-order valence-electron chi connectivity index (χ2n) is 5.43. The smallest absolute Gasteiger partial charge is 0.191 e. The number of nitrogens with zero attached hydrogens (tertiary/aromatic N) is 2. The van der Waals surface area contributed by atoms with Crippen LogP contribution in [0, 0.1) is 0 Å². The summed E-state index contributed by atoms with van der Waals surface area (Å²) < 4.78 is 0. The van der Waals surface area contributed by atoms with Gasteiger partial charge in [0.05, 0.1) is 12.2 Å². The zero-order chi connectivity index (χ0) is 15.9. The molecule has 6 heteroatoms. The van der Waals surface area contributed by atoms with Crippen molar-refractivity contribution in [1.29, 1.82) is 0 Å². The van der Waals surface area contributed by atoms with Crippen molar-refractivity contribution in [3.63, 3.8) is 0 Å². The van der Waals surface area contributed by atoms with E-state index in [0.717, 1.165) is 34.0 Å². The fourth-order valence-corrected chi connectivity index (χ4v) is 4.47. The largest absolute Gasteiger partial charge is 0.355 e. The number of rotatable bonds is 5. The van der Waals surface area contributed by atoms with Gasteiger partial charge in [-0.15, -0.1) is 11.3 Å². The molecule has 1 aliphatic heterocycles. The monoisotopic (exact) mass is 346 g/mol. The molecule has 2 aromatic rings. The van der Waals surface area contributed by atoms with Crippen LogP contribution >= 0.6 is 23.1 Å². The first-order valence-electron chi connectivity index (χ1n) is 7.91. The Kier molecular flexibility index (Phi) is 5.93. The highest BCUT2D eigenvalue weighted by atomic mass is 32.2. The lowest BCUT2D eigenvalue weighted by Gasteiger charge is -2.14. The Balaban J connectivity index is 1.50. The molecule has 1 unspecified atom stereocenters. The maximum absolute atomic E-state index is 4.69. The number of thiazole rings is 1. The van der Waals surface area contributed by atoms with Crippen LogP contribution < -0.4 is 10.6 Å². The molecule has 2 heterocycles. The quantitative estimate of drug-likeness (QED) is 0.644. The molecular weight excluding hydrogens is 324 g/mol. The molecule has 23 heavy (non-hydrogen) atoms. The van der Waals surface area contributed by atoms with Crippen molar-refractivity contribution < 1.29 is 0 Å². The van der Waals surface area contributed by atoms with Gasteiger partial charge in [0.1, 0.15) is 5.01 Å². The number of thioether (sulfide) groups is 1. The van der Waals surface area contributed by atoms with Crippen molar-refractivity contribution in [2.24, 2.45) is 4.99 Å². The highest BCUT2D eigenvalue weighted by Gasteiger charge is 2.15. The molecule has 1 aromatic heterocycles. The minimum Gasteiger partial charge on any atom is -0.355 e. The maximum atomic E-state index is 4.69. The zero-order valence-electron chi connectivity index (χ0n) is 13.3. The lowest BCUT2D eigenvalue weighted by atomic mass is 10.2. The highest BCUT2D eigenvalue weighted by molar-refractivity contribution is 8.00. The number of nitrogens with one attached hydrogen (secondary N) is 2. The van der Waals surface area contributed by atoms with E-state index in [1.807, 2.05) is 25.2 Å². The molecule has 1 aliphatic rings. The molecular formula is C17H22N4S2. The van der Waals surface area contributed by atoms with Crippen LogP contribution in [-0.4, -0.2) is 35.5 Å². The normalized spacial score (nSPS) is 18.1. The number of hydrogen-bond acceptors (Lipinski definition) is 4. The highest BCUT2D eigenvalue weighted by Crippen LogP contribution is 2.25. The predicted octanol–water partition coefficient (Wildman–Crippen LogP) is 3.37. The van der Waals surface area contributed by atoms with Gasteiger partial charge in [0, 0.05) is 29.8 Å². The molecule has 0 saturated carbocycles. The second kappa shape index (κ2) is 8.36. The minimum absolute atomic E-state index is 0.703. The van der Waals surface area contributed by atoms with Crippen LogP contribution in [0.5, 0.6) is 0 Å². The molecule has 2 N–H and O–H groups in total. The first-order valence-corrected chi connectivity index (χ1v) is 9.84. The Morgan fingerprint density at radius 1 is 1.30 bits per heavy atom. The number of benzene rings is 1. The van der Waals surface area contributed by atoms with Crippen molar-refractivity contribution in [3.8, 4) is 11.3 Å². The summed E-state index contributed by atoms with van der Waals surface area (Å²) in [4.78, 5) is 8.98. The molecule has 1 fully saturated rings. The summed E-state index contributed by atoms with van der Waals surface area (Å²) in [5.41, 5.74) is 2.20. The number of hydrogen-bond donors (Lipinski definition) is 2. The van der Waals surface area contributed by atoms with E-state index < -0.39 is 0 Å². The van der Waals surface area contributed by atoms with E-state index >= 15 is 0 Å². The van der Waals surface area contributed by atoms with E-state index in [9.17, 15) is 0 Å². The average Bonchev–Trinajstić information content (AvgIpc) is 3.27. The standard InChI is InChI=1S/C17H22N4S2/c1-18-17(19-10-14-8-5-9-22-14)20-11-16-21-15(12-23-16)13-6-3-2-4-7-13/h2-4,6-7,12,14H,5,8-11H2,1H3,(H2,18,19,20). The third-order valence-electron chi connectivity index (χ3n) is 3.77. The first-order chi connectivity index (χ1) is 11.3.